The zero-order valence-corrected chi connectivity index (χ0v) is 28.4. The van der Waals surface area contributed by atoms with Crippen LogP contribution in [0.4, 0.5) is 9.59 Å². The molecule has 1 saturated carbocycles. The molecule has 0 aromatic heterocycles. The van der Waals surface area contributed by atoms with Crippen molar-refractivity contribution in [3.8, 4) is 0 Å². The normalized spacial score (nSPS) is 17.8. The first-order valence-electron chi connectivity index (χ1n) is 16.1. The average molecular weight is 658 g/mol. The number of ether oxygens (including phenoxy) is 4. The summed E-state index contributed by atoms with van der Waals surface area (Å²) < 4.78 is 22.3. The van der Waals surface area contributed by atoms with Gasteiger partial charge in [-0.1, -0.05) is 29.8 Å². The van der Waals surface area contributed by atoms with Crippen molar-refractivity contribution in [2.45, 2.75) is 76.5 Å². The molecule has 2 aromatic rings. The van der Waals surface area contributed by atoms with Gasteiger partial charge in [0.15, 0.2) is 0 Å². The van der Waals surface area contributed by atoms with Crippen molar-refractivity contribution in [1.82, 2.24) is 15.5 Å². The van der Waals surface area contributed by atoms with Gasteiger partial charge in [-0.05, 0) is 106 Å². The van der Waals surface area contributed by atoms with E-state index in [1.807, 2.05) is 51.1 Å². The molecule has 252 valence electrons. The molecule has 3 atom stereocenters. The van der Waals surface area contributed by atoms with Crippen LogP contribution in [0.15, 0.2) is 42.5 Å². The van der Waals surface area contributed by atoms with Crippen LogP contribution in [0.2, 0.25) is 5.02 Å². The Hall–Kier alpha value is -3.34. The first-order valence-corrected chi connectivity index (χ1v) is 16.5. The molecule has 0 spiro atoms. The lowest BCUT2D eigenvalue weighted by atomic mass is 9.93. The van der Waals surface area contributed by atoms with Crippen LogP contribution in [0.25, 0.3) is 0 Å². The van der Waals surface area contributed by atoms with Gasteiger partial charge in [0.25, 0.3) is 5.91 Å². The van der Waals surface area contributed by atoms with Gasteiger partial charge in [0.1, 0.15) is 11.7 Å². The van der Waals surface area contributed by atoms with Crippen LogP contribution in [0.3, 0.4) is 0 Å². The number of likely N-dealkylation sites (N-methyl/N-ethyl adjacent to an activating group) is 1. The minimum Gasteiger partial charge on any atom is -0.453 e. The van der Waals surface area contributed by atoms with Crippen molar-refractivity contribution in [3.63, 3.8) is 0 Å². The van der Waals surface area contributed by atoms with E-state index in [1.54, 1.807) is 18.0 Å². The highest BCUT2D eigenvalue weighted by molar-refractivity contribution is 6.30. The number of carbonyl (C=O) groups excluding carboxylic acids is 3. The maximum absolute atomic E-state index is 13.8. The zero-order valence-electron chi connectivity index (χ0n) is 27.6. The molecule has 1 saturated heterocycles. The Morgan fingerprint density at radius 3 is 2.50 bits per heavy atom. The lowest BCUT2D eigenvalue weighted by Gasteiger charge is -2.34. The molecule has 10 nitrogen and oxygen atoms in total. The summed E-state index contributed by atoms with van der Waals surface area (Å²) in [6.07, 6.45) is 3.30. The van der Waals surface area contributed by atoms with Gasteiger partial charge in [0.2, 0.25) is 0 Å². The molecule has 1 aliphatic carbocycles. The number of nitrogens with one attached hydrogen (secondary N) is 2. The fourth-order valence-corrected chi connectivity index (χ4v) is 5.82. The van der Waals surface area contributed by atoms with Crippen molar-refractivity contribution < 1.29 is 33.3 Å². The minimum atomic E-state index is -0.635. The number of alkyl carbamates (subject to hydrolysis) is 1. The van der Waals surface area contributed by atoms with Crippen LogP contribution < -0.4 is 10.6 Å². The van der Waals surface area contributed by atoms with Crippen molar-refractivity contribution in [3.05, 3.63) is 69.7 Å². The van der Waals surface area contributed by atoms with Gasteiger partial charge < -0.3 is 34.5 Å². The third-order valence-electron chi connectivity index (χ3n) is 8.17. The molecule has 1 heterocycles. The molecule has 2 fully saturated rings. The summed E-state index contributed by atoms with van der Waals surface area (Å²) in [4.78, 5) is 40.0. The second-order valence-electron chi connectivity index (χ2n) is 13.2. The number of rotatable bonds is 13. The first-order chi connectivity index (χ1) is 21.9. The van der Waals surface area contributed by atoms with Crippen LogP contribution in [0.1, 0.15) is 91.9 Å². The van der Waals surface area contributed by atoms with E-state index in [0.717, 1.165) is 49.0 Å². The fraction of sp³-hybridized carbons (Fsp3) is 0.571. The SMILES string of the molecule is COC(=O)NCCOC(c1cccc(Cl)c1)c1cc(C(=O)NCC(C[C@H]2CCCOC2)N(C)C(=O)OC(C)(C)C)cc(C2CC2)c1. The molecule has 2 unspecified atom stereocenters. The monoisotopic (exact) mass is 657 g/mol. The van der Waals surface area contributed by atoms with Gasteiger partial charge in [0, 0.05) is 43.9 Å². The summed E-state index contributed by atoms with van der Waals surface area (Å²) in [5, 5.41) is 6.31. The maximum atomic E-state index is 13.8. The van der Waals surface area contributed by atoms with Crippen LogP contribution in [-0.4, -0.2) is 81.7 Å². The number of nitrogens with zero attached hydrogens (tertiary/aromatic N) is 1. The highest BCUT2D eigenvalue weighted by Gasteiger charge is 2.30. The van der Waals surface area contributed by atoms with E-state index >= 15 is 0 Å². The summed E-state index contributed by atoms with van der Waals surface area (Å²) in [5.74, 6) is 0.433. The summed E-state index contributed by atoms with van der Waals surface area (Å²) in [6, 6.07) is 13.0. The molecular weight excluding hydrogens is 610 g/mol. The van der Waals surface area contributed by atoms with Gasteiger partial charge in [-0.3, -0.25) is 4.79 Å². The van der Waals surface area contributed by atoms with E-state index in [9.17, 15) is 14.4 Å². The van der Waals surface area contributed by atoms with Gasteiger partial charge in [-0.15, -0.1) is 0 Å². The highest BCUT2D eigenvalue weighted by atomic mass is 35.5. The Kier molecular flexibility index (Phi) is 12.7. The third kappa shape index (κ3) is 10.9. The number of hydrogen-bond donors (Lipinski definition) is 2. The lowest BCUT2D eigenvalue weighted by Crippen LogP contribution is -2.48. The maximum Gasteiger partial charge on any atom is 0.410 e. The molecule has 0 radical (unpaired) electrons. The van der Waals surface area contributed by atoms with Gasteiger partial charge in [-0.2, -0.15) is 0 Å². The number of methoxy groups -OCH3 is 1. The summed E-state index contributed by atoms with van der Waals surface area (Å²) in [5.41, 5.74) is 2.61. The second-order valence-corrected chi connectivity index (χ2v) is 13.6. The molecule has 2 aliphatic rings. The third-order valence-corrected chi connectivity index (χ3v) is 8.41. The molecule has 0 bridgehead atoms. The van der Waals surface area contributed by atoms with Crippen LogP contribution in [0, 0.1) is 5.92 Å². The molecular formula is C35H48ClN3O7. The molecule has 1 aliphatic heterocycles. The number of benzene rings is 2. The van der Waals surface area contributed by atoms with E-state index in [1.165, 1.54) is 7.11 Å². The Bertz CT molecular complexity index is 1340. The molecule has 46 heavy (non-hydrogen) atoms. The van der Waals surface area contributed by atoms with Gasteiger partial charge >= 0.3 is 12.2 Å². The standard InChI is InChI=1S/C35H48ClN3O7/c1-35(2,3)46-34(42)39(4)30(16-23-8-7-14-44-22-23)21-38-32(40)28-18-26(24-11-12-24)17-27(19-28)31(25-9-6-10-29(36)20-25)45-15-13-37-33(41)43-5/h6,9-10,17-20,23-24,30-31H,7-8,11-16,21-22H2,1-5H3,(H,37,41)(H,38,40)/t23-,30?,31?/m1/s1. The second kappa shape index (κ2) is 16.5. The fourth-order valence-electron chi connectivity index (χ4n) is 5.62. The number of amides is 3. The molecule has 2 aromatic carbocycles. The number of halogens is 1. The molecule has 11 heteroatoms. The smallest absolute Gasteiger partial charge is 0.410 e. The topological polar surface area (TPSA) is 115 Å². The van der Waals surface area contributed by atoms with E-state index in [-0.39, 0.29) is 37.6 Å². The van der Waals surface area contributed by atoms with E-state index < -0.39 is 23.9 Å². The van der Waals surface area contributed by atoms with E-state index in [4.69, 9.17) is 25.8 Å². The number of hydrogen-bond acceptors (Lipinski definition) is 7. The van der Waals surface area contributed by atoms with Crippen molar-refractivity contribution >= 4 is 29.7 Å². The van der Waals surface area contributed by atoms with E-state index in [0.29, 0.717) is 29.5 Å². The quantitative estimate of drug-likeness (QED) is 0.238. The van der Waals surface area contributed by atoms with Crippen molar-refractivity contribution in [2.24, 2.45) is 5.92 Å². The first kappa shape index (κ1) is 35.5. The summed E-state index contributed by atoms with van der Waals surface area (Å²) in [7, 11) is 3.03. The predicted octanol–water partition coefficient (Wildman–Crippen LogP) is 6.46. The Morgan fingerprint density at radius 2 is 1.85 bits per heavy atom. The largest absolute Gasteiger partial charge is 0.453 e. The molecule has 3 amide bonds. The number of carbonyl (C=O) groups is 3. The molecule has 4 rings (SSSR count). The Balaban J connectivity index is 1.55. The lowest BCUT2D eigenvalue weighted by molar-refractivity contribution is 0.0112. The van der Waals surface area contributed by atoms with Crippen LogP contribution >= 0.6 is 11.6 Å². The Labute approximate surface area is 277 Å². The van der Waals surface area contributed by atoms with Crippen molar-refractivity contribution in [1.29, 1.82) is 0 Å². The van der Waals surface area contributed by atoms with E-state index in [2.05, 4.69) is 21.4 Å². The average Bonchev–Trinajstić information content (AvgIpc) is 3.88. The van der Waals surface area contributed by atoms with Gasteiger partial charge in [0.05, 0.1) is 19.8 Å². The predicted molar refractivity (Wildman–Crippen MR) is 176 cm³/mol. The highest BCUT2D eigenvalue weighted by Crippen LogP contribution is 2.42. The minimum absolute atomic E-state index is 0.213. The van der Waals surface area contributed by atoms with Crippen LogP contribution in [0.5, 0.6) is 0 Å². The van der Waals surface area contributed by atoms with Crippen molar-refractivity contribution in [2.75, 3.05) is 47.1 Å². The summed E-state index contributed by atoms with van der Waals surface area (Å²) in [6.45, 7) is 7.63. The van der Waals surface area contributed by atoms with Crippen LogP contribution in [-0.2, 0) is 18.9 Å². The zero-order chi connectivity index (χ0) is 33.3. The molecule has 2 N–H and O–H groups in total. The Morgan fingerprint density at radius 1 is 1.07 bits per heavy atom. The summed E-state index contributed by atoms with van der Waals surface area (Å²) >= 11 is 6.36. The van der Waals surface area contributed by atoms with Gasteiger partial charge in [-0.25, -0.2) is 9.59 Å².